The van der Waals surface area contributed by atoms with Crippen LogP contribution >= 0.6 is 0 Å². The Balaban J connectivity index is 2.36. The van der Waals surface area contributed by atoms with Gasteiger partial charge in [0.2, 0.25) is 0 Å². The van der Waals surface area contributed by atoms with E-state index >= 15 is 0 Å². The van der Waals surface area contributed by atoms with Crippen LogP contribution in [-0.2, 0) is 0 Å². The van der Waals surface area contributed by atoms with Crippen molar-refractivity contribution < 1.29 is 4.74 Å². The van der Waals surface area contributed by atoms with Crippen LogP contribution in [0.3, 0.4) is 0 Å². The lowest BCUT2D eigenvalue weighted by Crippen LogP contribution is -2.23. The van der Waals surface area contributed by atoms with Crippen LogP contribution in [0, 0.1) is 6.92 Å². The van der Waals surface area contributed by atoms with Crippen LogP contribution in [0.1, 0.15) is 36.1 Å². The second kappa shape index (κ2) is 7.11. The zero-order valence-corrected chi connectivity index (χ0v) is 12.5. The number of hydrogen-bond donors (Lipinski definition) is 1. The fraction of sp³-hybridized carbons (Fsp3) is 0.333. The van der Waals surface area contributed by atoms with Gasteiger partial charge in [-0.1, -0.05) is 43.3 Å². The van der Waals surface area contributed by atoms with Gasteiger partial charge in [-0.15, -0.1) is 0 Å². The molecule has 1 N–H and O–H groups in total. The fourth-order valence-corrected chi connectivity index (χ4v) is 2.44. The van der Waals surface area contributed by atoms with Crippen LogP contribution < -0.4 is 10.1 Å². The van der Waals surface area contributed by atoms with Crippen LogP contribution in [-0.4, -0.2) is 13.7 Å². The lowest BCUT2D eigenvalue weighted by atomic mass is 9.94. The van der Waals surface area contributed by atoms with Gasteiger partial charge in [0.15, 0.2) is 0 Å². The van der Waals surface area contributed by atoms with Crippen LogP contribution in [0.5, 0.6) is 5.75 Å². The van der Waals surface area contributed by atoms with E-state index in [0.717, 1.165) is 18.7 Å². The minimum absolute atomic E-state index is 0.238. The molecule has 0 radical (unpaired) electrons. The van der Waals surface area contributed by atoms with Gasteiger partial charge in [-0.3, -0.25) is 0 Å². The van der Waals surface area contributed by atoms with Gasteiger partial charge in [0.25, 0.3) is 0 Å². The molecular formula is C18H23NO. The Morgan fingerprint density at radius 1 is 1.10 bits per heavy atom. The van der Waals surface area contributed by atoms with Gasteiger partial charge in [0.1, 0.15) is 5.75 Å². The lowest BCUT2D eigenvalue weighted by Gasteiger charge is -2.22. The number of nitrogens with one attached hydrogen (secondary N) is 1. The third kappa shape index (κ3) is 3.40. The van der Waals surface area contributed by atoms with Gasteiger partial charge >= 0.3 is 0 Å². The van der Waals surface area contributed by atoms with Crippen molar-refractivity contribution in [3.05, 3.63) is 65.2 Å². The molecule has 0 saturated heterocycles. The van der Waals surface area contributed by atoms with Crippen molar-refractivity contribution in [3.63, 3.8) is 0 Å². The molecule has 1 unspecified atom stereocenters. The molecule has 0 aliphatic carbocycles. The van der Waals surface area contributed by atoms with Gasteiger partial charge in [-0.25, -0.2) is 0 Å². The predicted octanol–water partition coefficient (Wildman–Crippen LogP) is 4.09. The maximum Gasteiger partial charge on any atom is 0.119 e. The first kappa shape index (κ1) is 14.6. The summed E-state index contributed by atoms with van der Waals surface area (Å²) in [6.45, 7) is 5.34. The van der Waals surface area contributed by atoms with E-state index in [0.29, 0.717) is 0 Å². The summed E-state index contributed by atoms with van der Waals surface area (Å²) in [6.07, 6.45) is 1.12. The van der Waals surface area contributed by atoms with E-state index in [1.807, 2.05) is 6.07 Å². The van der Waals surface area contributed by atoms with E-state index in [-0.39, 0.29) is 6.04 Å². The third-order valence-electron chi connectivity index (χ3n) is 3.52. The molecule has 2 rings (SSSR count). The molecule has 0 spiro atoms. The molecule has 0 bridgehead atoms. The summed E-state index contributed by atoms with van der Waals surface area (Å²) in [5, 5.41) is 3.64. The first-order valence-electron chi connectivity index (χ1n) is 7.19. The standard InChI is InChI=1S/C18H23NO/c1-4-12-19-18(15-8-6-5-7-9-15)17-11-10-16(20-3)13-14(17)2/h5-11,13,18-19H,4,12H2,1-3H3. The van der Waals surface area contributed by atoms with E-state index in [2.05, 4.69) is 61.6 Å². The highest BCUT2D eigenvalue weighted by Gasteiger charge is 2.15. The topological polar surface area (TPSA) is 21.3 Å². The van der Waals surface area contributed by atoms with Crippen molar-refractivity contribution in [1.29, 1.82) is 0 Å². The number of methoxy groups -OCH3 is 1. The summed E-state index contributed by atoms with van der Waals surface area (Å²) in [5.41, 5.74) is 3.86. The Labute approximate surface area is 121 Å². The molecule has 2 aromatic carbocycles. The number of rotatable bonds is 6. The van der Waals surface area contributed by atoms with E-state index in [4.69, 9.17) is 4.74 Å². The maximum atomic E-state index is 5.30. The average molecular weight is 269 g/mol. The zero-order valence-electron chi connectivity index (χ0n) is 12.5. The molecule has 0 aliphatic heterocycles. The molecule has 0 aliphatic rings. The van der Waals surface area contributed by atoms with Crippen LogP contribution in [0.15, 0.2) is 48.5 Å². The molecule has 0 aromatic heterocycles. The summed E-state index contributed by atoms with van der Waals surface area (Å²) >= 11 is 0. The normalized spacial score (nSPS) is 12.2. The van der Waals surface area contributed by atoms with Crippen LogP contribution in [0.2, 0.25) is 0 Å². The average Bonchev–Trinajstić information content (AvgIpc) is 2.50. The SMILES string of the molecule is CCCNC(c1ccccc1)c1ccc(OC)cc1C. The molecule has 2 aromatic rings. The van der Waals surface area contributed by atoms with Crippen LogP contribution in [0.4, 0.5) is 0 Å². The summed E-state index contributed by atoms with van der Waals surface area (Å²) in [4.78, 5) is 0. The second-order valence-electron chi connectivity index (χ2n) is 5.02. The molecule has 1 atom stereocenters. The van der Waals surface area contributed by atoms with Gasteiger partial charge in [0.05, 0.1) is 13.2 Å². The number of ether oxygens (including phenoxy) is 1. The summed E-state index contributed by atoms with van der Waals surface area (Å²) in [6, 6.07) is 17.1. The first-order valence-corrected chi connectivity index (χ1v) is 7.19. The Morgan fingerprint density at radius 3 is 2.45 bits per heavy atom. The lowest BCUT2D eigenvalue weighted by molar-refractivity contribution is 0.414. The van der Waals surface area contributed by atoms with Gasteiger partial charge < -0.3 is 10.1 Å². The van der Waals surface area contributed by atoms with Gasteiger partial charge in [-0.2, -0.15) is 0 Å². The van der Waals surface area contributed by atoms with Crippen molar-refractivity contribution in [3.8, 4) is 5.75 Å². The minimum atomic E-state index is 0.238. The van der Waals surface area contributed by atoms with E-state index in [1.165, 1.54) is 16.7 Å². The molecule has 2 heteroatoms. The number of hydrogen-bond acceptors (Lipinski definition) is 2. The molecule has 0 amide bonds. The Kier molecular flexibility index (Phi) is 5.19. The maximum absolute atomic E-state index is 5.30. The highest BCUT2D eigenvalue weighted by Crippen LogP contribution is 2.27. The number of aryl methyl sites for hydroxylation is 1. The third-order valence-corrected chi connectivity index (χ3v) is 3.52. The molecule has 106 valence electrons. The molecule has 0 saturated carbocycles. The Morgan fingerprint density at radius 2 is 1.85 bits per heavy atom. The molecule has 0 heterocycles. The quantitative estimate of drug-likeness (QED) is 0.852. The predicted molar refractivity (Wildman–Crippen MR) is 84.3 cm³/mol. The smallest absolute Gasteiger partial charge is 0.119 e. The summed E-state index contributed by atoms with van der Waals surface area (Å²) < 4.78 is 5.30. The van der Waals surface area contributed by atoms with E-state index in [1.54, 1.807) is 7.11 Å². The zero-order chi connectivity index (χ0) is 14.4. The van der Waals surface area contributed by atoms with Crippen molar-refractivity contribution in [2.75, 3.05) is 13.7 Å². The van der Waals surface area contributed by atoms with Crippen molar-refractivity contribution >= 4 is 0 Å². The Hall–Kier alpha value is -1.80. The second-order valence-corrected chi connectivity index (χ2v) is 5.02. The van der Waals surface area contributed by atoms with E-state index < -0.39 is 0 Å². The highest BCUT2D eigenvalue weighted by atomic mass is 16.5. The van der Waals surface area contributed by atoms with Crippen molar-refractivity contribution in [1.82, 2.24) is 5.32 Å². The molecular weight excluding hydrogens is 246 g/mol. The van der Waals surface area contributed by atoms with E-state index in [9.17, 15) is 0 Å². The van der Waals surface area contributed by atoms with Gasteiger partial charge in [-0.05, 0) is 48.7 Å². The Bertz CT molecular complexity index is 536. The molecule has 0 fully saturated rings. The fourth-order valence-electron chi connectivity index (χ4n) is 2.44. The summed E-state index contributed by atoms with van der Waals surface area (Å²) in [5.74, 6) is 0.911. The van der Waals surface area contributed by atoms with Crippen LogP contribution in [0.25, 0.3) is 0 Å². The monoisotopic (exact) mass is 269 g/mol. The molecule has 2 nitrogen and oxygen atoms in total. The van der Waals surface area contributed by atoms with Crippen molar-refractivity contribution in [2.45, 2.75) is 26.3 Å². The number of benzene rings is 2. The minimum Gasteiger partial charge on any atom is -0.497 e. The van der Waals surface area contributed by atoms with Crippen molar-refractivity contribution in [2.24, 2.45) is 0 Å². The molecule has 20 heavy (non-hydrogen) atoms. The van der Waals surface area contributed by atoms with Gasteiger partial charge in [0, 0.05) is 0 Å². The highest BCUT2D eigenvalue weighted by molar-refractivity contribution is 5.41. The largest absolute Gasteiger partial charge is 0.497 e. The summed E-state index contributed by atoms with van der Waals surface area (Å²) in [7, 11) is 1.71. The first-order chi connectivity index (χ1) is 9.76.